The van der Waals surface area contributed by atoms with Gasteiger partial charge in [0.15, 0.2) is 16.0 Å². The molecule has 0 fully saturated rings. The molecule has 7 heteroatoms. The first-order valence-corrected chi connectivity index (χ1v) is 9.52. The Hall–Kier alpha value is -2.95. The Bertz CT molecular complexity index is 1370. The van der Waals surface area contributed by atoms with Gasteiger partial charge >= 0.3 is 5.91 Å². The molecule has 4 aromatic rings. The molecule has 0 atom stereocenters. The normalized spacial score (nSPS) is 11.8. The van der Waals surface area contributed by atoms with E-state index in [-0.39, 0.29) is 17.7 Å². The van der Waals surface area contributed by atoms with Crippen molar-refractivity contribution in [2.45, 2.75) is 6.54 Å². The zero-order chi connectivity index (χ0) is 19.0. The van der Waals surface area contributed by atoms with Crippen molar-refractivity contribution in [1.82, 2.24) is 4.57 Å². The van der Waals surface area contributed by atoms with E-state index in [1.807, 2.05) is 18.2 Å². The number of nitrogens with zero attached hydrogens (tertiary/aromatic N) is 2. The van der Waals surface area contributed by atoms with E-state index in [1.54, 1.807) is 28.8 Å². The molecule has 0 spiro atoms. The third-order valence-corrected chi connectivity index (χ3v) is 5.47. The van der Waals surface area contributed by atoms with Gasteiger partial charge in [0.2, 0.25) is 0 Å². The van der Waals surface area contributed by atoms with Crippen LogP contribution in [0.15, 0.2) is 67.2 Å². The lowest BCUT2D eigenvalue weighted by Gasteiger charge is -2.00. The van der Waals surface area contributed by atoms with Crippen LogP contribution in [0.4, 0.5) is 0 Å². The molecule has 2 aromatic carbocycles. The molecule has 0 radical (unpaired) electrons. The van der Waals surface area contributed by atoms with Gasteiger partial charge in [0.25, 0.3) is 0 Å². The molecule has 27 heavy (non-hydrogen) atoms. The second-order valence-corrected chi connectivity index (χ2v) is 7.60. The molecule has 0 aliphatic rings. The predicted octanol–water partition coefficient (Wildman–Crippen LogP) is 3.95. The molecular formula is C20H11BrN2O3S. The maximum Gasteiger partial charge on any atom is 0.315 e. The highest BCUT2D eigenvalue weighted by molar-refractivity contribution is 9.10. The number of hydrogen-bond donors (Lipinski definition) is 0. The van der Waals surface area contributed by atoms with E-state index in [2.05, 4.69) is 26.8 Å². The minimum atomic E-state index is -0.630. The maximum atomic E-state index is 12.6. The monoisotopic (exact) mass is 438 g/mol. The SMILES string of the molecule is C#CCn1c(=NC(=O)c2cc(=O)c3ccccc3o2)sc2cc(Br)ccc21. The highest BCUT2D eigenvalue weighted by atomic mass is 79.9. The number of carbonyl (C=O) groups is 1. The predicted molar refractivity (Wildman–Crippen MR) is 109 cm³/mol. The summed E-state index contributed by atoms with van der Waals surface area (Å²) in [7, 11) is 0. The van der Waals surface area contributed by atoms with Crippen LogP contribution in [0.2, 0.25) is 0 Å². The second kappa shape index (κ2) is 6.99. The molecule has 0 bridgehead atoms. The van der Waals surface area contributed by atoms with E-state index in [0.717, 1.165) is 14.7 Å². The van der Waals surface area contributed by atoms with Crippen LogP contribution < -0.4 is 10.2 Å². The molecule has 2 heterocycles. The summed E-state index contributed by atoms with van der Waals surface area (Å²) in [5.41, 5.74) is 0.945. The van der Waals surface area contributed by atoms with Crippen molar-refractivity contribution < 1.29 is 9.21 Å². The summed E-state index contributed by atoms with van der Waals surface area (Å²) >= 11 is 4.77. The van der Waals surface area contributed by atoms with Crippen LogP contribution in [0.1, 0.15) is 10.6 Å². The Morgan fingerprint density at radius 1 is 1.26 bits per heavy atom. The first-order valence-electron chi connectivity index (χ1n) is 7.91. The van der Waals surface area contributed by atoms with Crippen LogP contribution in [-0.2, 0) is 6.54 Å². The van der Waals surface area contributed by atoms with Crippen LogP contribution in [0.25, 0.3) is 21.2 Å². The van der Waals surface area contributed by atoms with Crippen LogP contribution in [-0.4, -0.2) is 10.5 Å². The van der Waals surface area contributed by atoms with Gasteiger partial charge in [-0.1, -0.05) is 45.3 Å². The molecule has 0 aliphatic carbocycles. The van der Waals surface area contributed by atoms with Crippen molar-refractivity contribution in [1.29, 1.82) is 0 Å². The van der Waals surface area contributed by atoms with Gasteiger partial charge in [0.1, 0.15) is 5.58 Å². The Morgan fingerprint density at radius 3 is 2.89 bits per heavy atom. The number of terminal acetylenes is 1. The largest absolute Gasteiger partial charge is 0.451 e. The summed E-state index contributed by atoms with van der Waals surface area (Å²) in [4.78, 5) is 29.5. The van der Waals surface area contributed by atoms with Gasteiger partial charge < -0.3 is 8.98 Å². The van der Waals surface area contributed by atoms with Crippen molar-refractivity contribution in [2.24, 2.45) is 4.99 Å². The van der Waals surface area contributed by atoms with E-state index in [1.165, 1.54) is 17.4 Å². The number of rotatable bonds is 2. The molecule has 0 aliphatic heterocycles. The molecule has 4 rings (SSSR count). The second-order valence-electron chi connectivity index (χ2n) is 5.67. The van der Waals surface area contributed by atoms with Crippen LogP contribution in [0.5, 0.6) is 0 Å². The zero-order valence-electron chi connectivity index (χ0n) is 13.8. The summed E-state index contributed by atoms with van der Waals surface area (Å²) in [5.74, 6) is 1.84. The van der Waals surface area contributed by atoms with Gasteiger partial charge in [0.05, 0.1) is 22.1 Å². The number of aromatic nitrogens is 1. The van der Waals surface area contributed by atoms with E-state index in [0.29, 0.717) is 15.8 Å². The number of amides is 1. The molecule has 0 N–H and O–H groups in total. The maximum absolute atomic E-state index is 12.6. The Kier molecular flexibility index (Phi) is 4.52. The highest BCUT2D eigenvalue weighted by Gasteiger charge is 2.13. The molecule has 0 saturated carbocycles. The quantitative estimate of drug-likeness (QED) is 0.445. The molecule has 2 aromatic heterocycles. The lowest BCUT2D eigenvalue weighted by molar-refractivity contribution is 0.0972. The fourth-order valence-electron chi connectivity index (χ4n) is 2.73. The summed E-state index contributed by atoms with van der Waals surface area (Å²) in [6, 6.07) is 13.7. The standard InChI is InChI=1S/C20H11BrN2O3S/c1-2-9-23-14-8-7-12(21)10-18(14)27-20(23)22-19(25)17-11-15(24)13-5-3-4-6-16(13)26-17/h1,3-8,10-11H,9H2. The zero-order valence-corrected chi connectivity index (χ0v) is 16.2. The minimum absolute atomic E-state index is 0.107. The number of fused-ring (bicyclic) bond motifs is 2. The number of halogens is 1. The van der Waals surface area contributed by atoms with Gasteiger partial charge in [-0.3, -0.25) is 9.59 Å². The average molecular weight is 439 g/mol. The van der Waals surface area contributed by atoms with Gasteiger partial charge in [0, 0.05) is 10.5 Å². The topological polar surface area (TPSA) is 64.6 Å². The summed E-state index contributed by atoms with van der Waals surface area (Å²) < 4.78 is 9.21. The summed E-state index contributed by atoms with van der Waals surface area (Å²) in [6.07, 6.45) is 5.47. The van der Waals surface area contributed by atoms with Crippen molar-refractivity contribution >= 4 is 54.4 Å². The fraction of sp³-hybridized carbons (Fsp3) is 0.0500. The smallest absolute Gasteiger partial charge is 0.315 e. The lowest BCUT2D eigenvalue weighted by atomic mass is 10.2. The molecular weight excluding hydrogens is 428 g/mol. The summed E-state index contributed by atoms with van der Waals surface area (Å²) in [5, 5.41) is 0.420. The molecule has 132 valence electrons. The van der Waals surface area contributed by atoms with Gasteiger partial charge in [-0.25, -0.2) is 0 Å². The number of benzene rings is 2. The third-order valence-electron chi connectivity index (χ3n) is 3.94. The Balaban J connectivity index is 1.88. The lowest BCUT2D eigenvalue weighted by Crippen LogP contribution is -2.17. The highest BCUT2D eigenvalue weighted by Crippen LogP contribution is 2.22. The van der Waals surface area contributed by atoms with E-state index < -0.39 is 5.91 Å². The van der Waals surface area contributed by atoms with E-state index in [9.17, 15) is 9.59 Å². The fourth-order valence-corrected chi connectivity index (χ4v) is 4.31. The average Bonchev–Trinajstić information content (AvgIpc) is 2.98. The molecule has 0 saturated heterocycles. The number of thiazole rings is 1. The molecule has 1 amide bonds. The third kappa shape index (κ3) is 3.25. The Morgan fingerprint density at radius 2 is 2.07 bits per heavy atom. The van der Waals surface area contributed by atoms with Crippen LogP contribution >= 0.6 is 27.3 Å². The number of hydrogen-bond acceptors (Lipinski definition) is 4. The van der Waals surface area contributed by atoms with Crippen LogP contribution in [0, 0.1) is 12.3 Å². The Labute approximate surface area is 165 Å². The van der Waals surface area contributed by atoms with Gasteiger partial charge in [-0.15, -0.1) is 6.42 Å². The first kappa shape index (κ1) is 17.5. The van der Waals surface area contributed by atoms with Crippen molar-refractivity contribution in [3.8, 4) is 12.3 Å². The van der Waals surface area contributed by atoms with Crippen molar-refractivity contribution in [3.05, 3.63) is 73.8 Å². The van der Waals surface area contributed by atoms with Crippen molar-refractivity contribution in [2.75, 3.05) is 0 Å². The van der Waals surface area contributed by atoms with Crippen molar-refractivity contribution in [3.63, 3.8) is 0 Å². The first-order chi connectivity index (χ1) is 13.1. The van der Waals surface area contributed by atoms with Crippen LogP contribution in [0.3, 0.4) is 0 Å². The number of para-hydroxylation sites is 1. The number of carbonyl (C=O) groups excluding carboxylic acids is 1. The van der Waals surface area contributed by atoms with Gasteiger partial charge in [-0.05, 0) is 30.3 Å². The molecule has 0 unspecified atom stereocenters. The van der Waals surface area contributed by atoms with E-state index >= 15 is 0 Å². The van der Waals surface area contributed by atoms with Gasteiger partial charge in [-0.2, -0.15) is 4.99 Å². The minimum Gasteiger partial charge on any atom is -0.451 e. The summed E-state index contributed by atoms with van der Waals surface area (Å²) in [6.45, 7) is 0.273. The van der Waals surface area contributed by atoms with E-state index in [4.69, 9.17) is 10.8 Å². The molecule has 5 nitrogen and oxygen atoms in total.